The van der Waals surface area contributed by atoms with E-state index in [-0.39, 0.29) is 36.9 Å². The molecule has 0 atom stereocenters. The molecule has 0 aromatic carbocycles. The number of amides is 4. The highest BCUT2D eigenvalue weighted by Gasteiger charge is 1.99. The van der Waals surface area contributed by atoms with Gasteiger partial charge in [-0.25, -0.2) is 9.59 Å². The van der Waals surface area contributed by atoms with Crippen molar-refractivity contribution in [3.63, 3.8) is 0 Å². The molecule has 0 aromatic rings. The molecule has 0 aliphatic rings. The van der Waals surface area contributed by atoms with Crippen molar-refractivity contribution in [3.8, 4) is 0 Å². The Kier molecular flexibility index (Phi) is 21.7. The van der Waals surface area contributed by atoms with E-state index < -0.39 is 0 Å². The zero-order valence-corrected chi connectivity index (χ0v) is 13.1. The SMILES string of the molecule is Cl.Cl.NCCNC(=O)NCCCCNC(=O)NCCN. The fraction of sp³-hybridized carbons (Fsp3) is 0.800. The van der Waals surface area contributed by atoms with E-state index in [0.29, 0.717) is 39.3 Å². The van der Waals surface area contributed by atoms with Crippen molar-refractivity contribution < 1.29 is 9.59 Å². The lowest BCUT2D eigenvalue weighted by Crippen LogP contribution is -2.39. The molecule has 0 fully saturated rings. The number of halogens is 2. The van der Waals surface area contributed by atoms with Crippen molar-refractivity contribution >= 4 is 36.9 Å². The summed E-state index contributed by atoms with van der Waals surface area (Å²) in [7, 11) is 0. The van der Waals surface area contributed by atoms with Gasteiger partial charge in [0.1, 0.15) is 0 Å². The molecular formula is C10H26Cl2N6O2. The van der Waals surface area contributed by atoms with Gasteiger partial charge in [0.05, 0.1) is 0 Å². The average molecular weight is 333 g/mol. The first kappa shape index (κ1) is 24.1. The van der Waals surface area contributed by atoms with Crippen LogP contribution in [0, 0.1) is 0 Å². The van der Waals surface area contributed by atoms with Crippen LogP contribution < -0.4 is 32.7 Å². The van der Waals surface area contributed by atoms with Crippen LogP contribution in [0.15, 0.2) is 0 Å². The minimum absolute atomic E-state index is 0. The van der Waals surface area contributed by atoms with E-state index in [1.165, 1.54) is 0 Å². The second kappa shape index (κ2) is 18.0. The first-order valence-corrected chi connectivity index (χ1v) is 6.14. The van der Waals surface area contributed by atoms with E-state index in [9.17, 15) is 9.59 Å². The van der Waals surface area contributed by atoms with Gasteiger partial charge in [-0.2, -0.15) is 0 Å². The van der Waals surface area contributed by atoms with Crippen LogP contribution in [0.4, 0.5) is 9.59 Å². The van der Waals surface area contributed by atoms with Gasteiger partial charge in [-0.3, -0.25) is 0 Å². The van der Waals surface area contributed by atoms with Gasteiger partial charge >= 0.3 is 12.1 Å². The number of rotatable bonds is 9. The summed E-state index contributed by atoms with van der Waals surface area (Å²) in [5.41, 5.74) is 10.5. The number of nitrogens with two attached hydrogens (primary N) is 2. The van der Waals surface area contributed by atoms with Gasteiger partial charge in [0, 0.05) is 39.3 Å². The Morgan fingerprint density at radius 1 is 0.650 bits per heavy atom. The van der Waals surface area contributed by atoms with E-state index in [1.54, 1.807) is 0 Å². The lowest BCUT2D eigenvalue weighted by atomic mass is 10.3. The summed E-state index contributed by atoms with van der Waals surface area (Å²) in [4.78, 5) is 22.2. The Balaban J connectivity index is -0.00000144. The first-order chi connectivity index (χ1) is 8.70. The van der Waals surface area contributed by atoms with Gasteiger partial charge in [0.2, 0.25) is 0 Å². The molecule has 8 N–H and O–H groups in total. The molecule has 0 aliphatic heterocycles. The monoisotopic (exact) mass is 332 g/mol. The van der Waals surface area contributed by atoms with Crippen LogP contribution in [-0.2, 0) is 0 Å². The fourth-order valence-electron chi connectivity index (χ4n) is 1.15. The van der Waals surface area contributed by atoms with Crippen molar-refractivity contribution in [2.45, 2.75) is 12.8 Å². The highest BCUT2D eigenvalue weighted by molar-refractivity contribution is 5.85. The van der Waals surface area contributed by atoms with E-state index in [4.69, 9.17) is 11.5 Å². The number of unbranched alkanes of at least 4 members (excludes halogenated alkanes) is 1. The summed E-state index contributed by atoms with van der Waals surface area (Å²) >= 11 is 0. The molecule has 0 aromatic heterocycles. The summed E-state index contributed by atoms with van der Waals surface area (Å²) in [6, 6.07) is -0.428. The quantitative estimate of drug-likeness (QED) is 0.306. The van der Waals surface area contributed by atoms with Gasteiger partial charge in [0.25, 0.3) is 0 Å². The molecule has 0 spiro atoms. The van der Waals surface area contributed by atoms with Crippen molar-refractivity contribution in [1.29, 1.82) is 0 Å². The second-order valence-electron chi connectivity index (χ2n) is 3.65. The molecule has 0 aliphatic carbocycles. The summed E-state index contributed by atoms with van der Waals surface area (Å²) in [6.07, 6.45) is 1.60. The van der Waals surface area contributed by atoms with E-state index >= 15 is 0 Å². The number of nitrogens with one attached hydrogen (secondary N) is 4. The van der Waals surface area contributed by atoms with Gasteiger partial charge in [0.15, 0.2) is 0 Å². The van der Waals surface area contributed by atoms with Crippen LogP contribution in [0.3, 0.4) is 0 Å². The summed E-state index contributed by atoms with van der Waals surface area (Å²) in [5, 5.41) is 10.6. The van der Waals surface area contributed by atoms with Gasteiger partial charge in [-0.1, -0.05) is 0 Å². The molecule has 20 heavy (non-hydrogen) atoms. The number of carbonyl (C=O) groups is 2. The zero-order chi connectivity index (χ0) is 13.6. The number of hydrogen-bond donors (Lipinski definition) is 6. The number of urea groups is 2. The smallest absolute Gasteiger partial charge is 0.314 e. The topological polar surface area (TPSA) is 134 Å². The third-order valence-electron chi connectivity index (χ3n) is 2.03. The largest absolute Gasteiger partial charge is 0.338 e. The molecule has 10 heteroatoms. The maximum atomic E-state index is 11.1. The molecule has 0 saturated carbocycles. The molecule has 0 radical (unpaired) electrons. The third-order valence-corrected chi connectivity index (χ3v) is 2.03. The van der Waals surface area contributed by atoms with Crippen LogP contribution in [-0.4, -0.2) is 51.3 Å². The zero-order valence-electron chi connectivity index (χ0n) is 11.4. The molecule has 122 valence electrons. The summed E-state index contributed by atoms with van der Waals surface area (Å²) < 4.78 is 0. The predicted molar refractivity (Wildman–Crippen MR) is 84.6 cm³/mol. The van der Waals surface area contributed by atoms with Crippen LogP contribution in [0.5, 0.6) is 0 Å². The molecular weight excluding hydrogens is 307 g/mol. The van der Waals surface area contributed by atoms with Crippen LogP contribution in [0.2, 0.25) is 0 Å². The molecule has 0 saturated heterocycles. The first-order valence-electron chi connectivity index (χ1n) is 6.14. The molecule has 0 heterocycles. The third kappa shape index (κ3) is 17.0. The van der Waals surface area contributed by atoms with E-state index in [0.717, 1.165) is 12.8 Å². The van der Waals surface area contributed by atoms with Gasteiger partial charge < -0.3 is 32.7 Å². The van der Waals surface area contributed by atoms with Crippen molar-refractivity contribution in [2.75, 3.05) is 39.3 Å². The standard InChI is InChI=1S/C10H24N6O2.2ClH/c11-3-7-15-9(17)13-5-1-2-6-14-10(18)16-8-4-12;;/h1-8,11-12H2,(H2,13,15,17)(H2,14,16,18);2*1H. The van der Waals surface area contributed by atoms with Crippen molar-refractivity contribution in [3.05, 3.63) is 0 Å². The lowest BCUT2D eigenvalue weighted by molar-refractivity contribution is 0.239. The molecule has 0 bridgehead atoms. The predicted octanol–water partition coefficient (Wildman–Crippen LogP) is -0.874. The van der Waals surface area contributed by atoms with Crippen molar-refractivity contribution in [2.24, 2.45) is 11.5 Å². The minimum atomic E-state index is -0.214. The van der Waals surface area contributed by atoms with Crippen molar-refractivity contribution in [1.82, 2.24) is 21.3 Å². The Labute approximate surface area is 132 Å². The maximum Gasteiger partial charge on any atom is 0.314 e. The summed E-state index contributed by atoms with van der Waals surface area (Å²) in [6.45, 7) is 2.93. The maximum absolute atomic E-state index is 11.1. The highest BCUT2D eigenvalue weighted by Crippen LogP contribution is 1.84. The minimum Gasteiger partial charge on any atom is -0.338 e. The van der Waals surface area contributed by atoms with E-state index in [2.05, 4.69) is 21.3 Å². The second-order valence-corrected chi connectivity index (χ2v) is 3.65. The lowest BCUT2D eigenvalue weighted by Gasteiger charge is -2.08. The fourth-order valence-corrected chi connectivity index (χ4v) is 1.15. The van der Waals surface area contributed by atoms with Crippen LogP contribution in [0.25, 0.3) is 0 Å². The molecule has 0 rings (SSSR count). The van der Waals surface area contributed by atoms with Crippen LogP contribution in [0.1, 0.15) is 12.8 Å². The Morgan fingerprint density at radius 3 is 1.25 bits per heavy atom. The average Bonchev–Trinajstić information content (AvgIpc) is 2.37. The van der Waals surface area contributed by atoms with E-state index in [1.807, 2.05) is 0 Å². The molecule has 4 amide bonds. The highest BCUT2D eigenvalue weighted by atomic mass is 35.5. The Hall–Kier alpha value is -0.960. The number of hydrogen-bond acceptors (Lipinski definition) is 4. The summed E-state index contributed by atoms with van der Waals surface area (Å²) in [5.74, 6) is 0. The Bertz CT molecular complexity index is 222. The Morgan fingerprint density at radius 2 is 0.950 bits per heavy atom. The van der Waals surface area contributed by atoms with Gasteiger partial charge in [-0.05, 0) is 12.8 Å². The van der Waals surface area contributed by atoms with Crippen LogP contribution >= 0.6 is 24.8 Å². The van der Waals surface area contributed by atoms with Gasteiger partial charge in [-0.15, -0.1) is 24.8 Å². The number of carbonyl (C=O) groups excluding carboxylic acids is 2. The molecule has 0 unspecified atom stereocenters. The normalized spacial score (nSPS) is 8.70. The molecule has 8 nitrogen and oxygen atoms in total.